The maximum Gasteiger partial charge on any atom is 0.262 e. The number of methoxy groups -OCH3 is 1. The first-order valence-corrected chi connectivity index (χ1v) is 5.55. The lowest BCUT2D eigenvalue weighted by Gasteiger charge is -2.10. The van der Waals surface area contributed by atoms with E-state index in [1.807, 2.05) is 6.07 Å². The number of benzene rings is 1. The average molecular weight is 246 g/mol. The molecular formula is C13H14N2O3. The highest BCUT2D eigenvalue weighted by atomic mass is 16.5. The van der Waals surface area contributed by atoms with Crippen LogP contribution in [0.5, 0.6) is 5.88 Å². The Morgan fingerprint density at radius 1 is 1.33 bits per heavy atom. The molecule has 5 nitrogen and oxygen atoms in total. The quantitative estimate of drug-likeness (QED) is 0.866. The molecule has 0 aliphatic heterocycles. The molecule has 0 spiro atoms. The van der Waals surface area contributed by atoms with E-state index in [-0.39, 0.29) is 23.1 Å². The highest BCUT2D eigenvalue weighted by Gasteiger charge is 2.15. The maximum absolute atomic E-state index is 12.0. The Balaban J connectivity index is 2.55. The highest BCUT2D eigenvalue weighted by Crippen LogP contribution is 2.24. The van der Waals surface area contributed by atoms with Crippen LogP contribution < -0.4 is 5.56 Å². The van der Waals surface area contributed by atoms with Crippen molar-refractivity contribution in [2.24, 2.45) is 0 Å². The fourth-order valence-electron chi connectivity index (χ4n) is 1.65. The van der Waals surface area contributed by atoms with E-state index in [0.717, 1.165) is 0 Å². The minimum atomic E-state index is -0.382. The minimum absolute atomic E-state index is 0.169. The van der Waals surface area contributed by atoms with Gasteiger partial charge >= 0.3 is 0 Å². The summed E-state index contributed by atoms with van der Waals surface area (Å²) in [6.45, 7) is 1.74. The molecule has 0 radical (unpaired) electrons. The molecule has 0 aliphatic rings. The molecular weight excluding hydrogens is 232 g/mol. The second kappa shape index (κ2) is 5.01. The number of H-pyrrole nitrogens is 1. The fourth-order valence-corrected chi connectivity index (χ4v) is 1.65. The van der Waals surface area contributed by atoms with Gasteiger partial charge in [0.15, 0.2) is 0 Å². The molecule has 1 heterocycles. The van der Waals surface area contributed by atoms with Gasteiger partial charge < -0.3 is 14.8 Å². The first-order valence-electron chi connectivity index (χ1n) is 5.55. The summed E-state index contributed by atoms with van der Waals surface area (Å²) >= 11 is 0. The molecule has 0 saturated heterocycles. The number of rotatable bonds is 3. The van der Waals surface area contributed by atoms with Gasteiger partial charge in [-0.3, -0.25) is 4.79 Å². The summed E-state index contributed by atoms with van der Waals surface area (Å²) in [6, 6.07) is 8.90. The van der Waals surface area contributed by atoms with Crippen molar-refractivity contribution in [2.45, 2.75) is 13.0 Å². The third-order valence-corrected chi connectivity index (χ3v) is 2.72. The average Bonchev–Trinajstić information content (AvgIpc) is 2.38. The second-order valence-corrected chi connectivity index (χ2v) is 3.89. The molecule has 0 bridgehead atoms. The number of nitrogens with zero attached hydrogens (tertiary/aromatic N) is 1. The van der Waals surface area contributed by atoms with Crippen LogP contribution in [-0.4, -0.2) is 22.2 Å². The highest BCUT2D eigenvalue weighted by molar-refractivity contribution is 5.66. The Morgan fingerprint density at radius 3 is 2.56 bits per heavy atom. The van der Waals surface area contributed by atoms with Crippen LogP contribution in [0.4, 0.5) is 0 Å². The zero-order valence-electron chi connectivity index (χ0n) is 10.2. The SMILES string of the molecule is COC(C)c1nc(O)c(-c2ccccc2)c(=O)[nH]1. The molecule has 0 saturated carbocycles. The summed E-state index contributed by atoms with van der Waals surface area (Å²) in [7, 11) is 1.51. The van der Waals surface area contributed by atoms with Crippen LogP contribution in [0, 0.1) is 0 Å². The second-order valence-electron chi connectivity index (χ2n) is 3.89. The van der Waals surface area contributed by atoms with Gasteiger partial charge in [0.2, 0.25) is 5.88 Å². The van der Waals surface area contributed by atoms with E-state index in [4.69, 9.17) is 4.74 Å². The Bertz CT molecular complexity index is 593. The van der Waals surface area contributed by atoms with Gasteiger partial charge in [-0.05, 0) is 12.5 Å². The van der Waals surface area contributed by atoms with Crippen LogP contribution in [-0.2, 0) is 4.74 Å². The van der Waals surface area contributed by atoms with Crippen LogP contribution in [0.25, 0.3) is 11.1 Å². The predicted octanol–water partition coefficient (Wildman–Crippen LogP) is 1.85. The number of hydrogen-bond acceptors (Lipinski definition) is 4. The molecule has 1 aromatic carbocycles. The third-order valence-electron chi connectivity index (χ3n) is 2.72. The van der Waals surface area contributed by atoms with Crippen LogP contribution in [0.15, 0.2) is 35.1 Å². The van der Waals surface area contributed by atoms with E-state index in [1.165, 1.54) is 7.11 Å². The molecule has 0 aliphatic carbocycles. The van der Waals surface area contributed by atoms with Gasteiger partial charge in [0.05, 0.1) is 0 Å². The van der Waals surface area contributed by atoms with Gasteiger partial charge in [-0.2, -0.15) is 4.98 Å². The summed E-state index contributed by atoms with van der Waals surface area (Å²) in [5.74, 6) is 0.0172. The molecule has 5 heteroatoms. The lowest BCUT2D eigenvalue weighted by molar-refractivity contribution is 0.111. The Morgan fingerprint density at radius 2 is 2.00 bits per heavy atom. The van der Waals surface area contributed by atoms with E-state index < -0.39 is 0 Å². The normalized spacial score (nSPS) is 12.3. The van der Waals surface area contributed by atoms with Crippen molar-refractivity contribution >= 4 is 0 Å². The summed E-state index contributed by atoms with van der Waals surface area (Å²) in [4.78, 5) is 18.5. The van der Waals surface area contributed by atoms with Crippen LogP contribution in [0.3, 0.4) is 0 Å². The van der Waals surface area contributed by atoms with Crippen molar-refractivity contribution < 1.29 is 9.84 Å². The number of hydrogen-bond donors (Lipinski definition) is 2. The Kier molecular flexibility index (Phi) is 3.43. The van der Waals surface area contributed by atoms with Crippen LogP contribution in [0.1, 0.15) is 18.9 Å². The van der Waals surface area contributed by atoms with Gasteiger partial charge in [0.25, 0.3) is 5.56 Å². The Hall–Kier alpha value is -2.14. The molecule has 0 fully saturated rings. The first kappa shape index (κ1) is 12.3. The number of ether oxygens (including phenoxy) is 1. The molecule has 1 unspecified atom stereocenters. The molecule has 94 valence electrons. The van der Waals surface area contributed by atoms with Gasteiger partial charge in [-0.15, -0.1) is 0 Å². The third kappa shape index (κ3) is 2.26. The van der Waals surface area contributed by atoms with Crippen LogP contribution in [0.2, 0.25) is 0 Å². The first-order chi connectivity index (χ1) is 8.63. The summed E-state index contributed by atoms with van der Waals surface area (Å²) in [5, 5.41) is 9.88. The fraction of sp³-hybridized carbons (Fsp3) is 0.231. The van der Waals surface area contributed by atoms with E-state index in [9.17, 15) is 9.90 Å². The standard InChI is InChI=1S/C13H14N2O3/c1-8(18-2)11-14-12(16)10(13(17)15-11)9-6-4-3-5-7-9/h3-8H,1-2H3,(H2,14,15,16,17). The van der Waals surface area contributed by atoms with E-state index in [1.54, 1.807) is 31.2 Å². The number of aromatic amines is 1. The smallest absolute Gasteiger partial charge is 0.262 e. The number of nitrogens with one attached hydrogen (secondary N) is 1. The lowest BCUT2D eigenvalue weighted by atomic mass is 10.1. The van der Waals surface area contributed by atoms with Crippen LogP contribution >= 0.6 is 0 Å². The van der Waals surface area contributed by atoms with E-state index >= 15 is 0 Å². The molecule has 1 aromatic heterocycles. The van der Waals surface area contributed by atoms with Crippen molar-refractivity contribution in [1.82, 2.24) is 9.97 Å². The largest absolute Gasteiger partial charge is 0.493 e. The van der Waals surface area contributed by atoms with Crippen molar-refractivity contribution in [1.29, 1.82) is 0 Å². The topological polar surface area (TPSA) is 75.2 Å². The van der Waals surface area contributed by atoms with Gasteiger partial charge in [0, 0.05) is 7.11 Å². The van der Waals surface area contributed by atoms with Gasteiger partial charge in [-0.25, -0.2) is 0 Å². The summed E-state index contributed by atoms with van der Waals surface area (Å²) < 4.78 is 5.05. The van der Waals surface area contributed by atoms with Crippen molar-refractivity contribution in [3.63, 3.8) is 0 Å². The summed E-state index contributed by atoms with van der Waals surface area (Å²) in [6.07, 6.45) is -0.381. The predicted molar refractivity (Wildman–Crippen MR) is 67.4 cm³/mol. The molecule has 2 rings (SSSR count). The van der Waals surface area contributed by atoms with E-state index in [0.29, 0.717) is 11.4 Å². The van der Waals surface area contributed by atoms with Crippen molar-refractivity contribution in [3.05, 3.63) is 46.5 Å². The van der Waals surface area contributed by atoms with E-state index in [2.05, 4.69) is 9.97 Å². The molecule has 0 amide bonds. The maximum atomic E-state index is 12.0. The van der Waals surface area contributed by atoms with Crippen molar-refractivity contribution in [3.8, 4) is 17.0 Å². The summed E-state index contributed by atoms with van der Waals surface area (Å²) in [5.41, 5.74) is 0.413. The molecule has 1 atom stereocenters. The number of aromatic hydroxyl groups is 1. The zero-order chi connectivity index (χ0) is 13.1. The molecule has 2 aromatic rings. The lowest BCUT2D eigenvalue weighted by Crippen LogP contribution is -2.16. The monoisotopic (exact) mass is 246 g/mol. The van der Waals surface area contributed by atoms with Crippen molar-refractivity contribution in [2.75, 3.05) is 7.11 Å². The minimum Gasteiger partial charge on any atom is -0.493 e. The number of aromatic nitrogens is 2. The molecule has 2 N–H and O–H groups in total. The zero-order valence-corrected chi connectivity index (χ0v) is 10.2. The molecule has 18 heavy (non-hydrogen) atoms. The van der Waals surface area contributed by atoms with Gasteiger partial charge in [0.1, 0.15) is 17.5 Å². The van der Waals surface area contributed by atoms with Gasteiger partial charge in [-0.1, -0.05) is 30.3 Å². The Labute approximate surface area is 104 Å².